The van der Waals surface area contributed by atoms with E-state index in [4.69, 9.17) is 4.74 Å². The van der Waals surface area contributed by atoms with Crippen LogP contribution in [-0.2, 0) is 15.2 Å². The third-order valence-corrected chi connectivity index (χ3v) is 4.83. The first-order chi connectivity index (χ1) is 12.4. The van der Waals surface area contributed by atoms with Gasteiger partial charge in [-0.15, -0.1) is 0 Å². The van der Waals surface area contributed by atoms with E-state index >= 15 is 0 Å². The molecule has 1 heterocycles. The van der Waals surface area contributed by atoms with E-state index in [1.807, 2.05) is 36.4 Å². The van der Waals surface area contributed by atoms with Crippen molar-refractivity contribution in [2.75, 3.05) is 18.1 Å². The fourth-order valence-electron chi connectivity index (χ4n) is 3.21. The molecular weight excluding hydrogens is 398 g/mol. The number of hydrogen-bond donors (Lipinski definition) is 1. The predicted molar refractivity (Wildman–Crippen MR) is 102 cm³/mol. The van der Waals surface area contributed by atoms with Crippen molar-refractivity contribution in [2.24, 2.45) is 0 Å². The molecule has 0 aromatic heterocycles. The molecule has 0 radical (unpaired) electrons. The molecule has 0 saturated carbocycles. The smallest absolute Gasteiger partial charge is 0.264 e. The molecule has 6 heteroatoms. The van der Waals surface area contributed by atoms with Crippen molar-refractivity contribution >= 4 is 33.3 Å². The number of amides is 1. The summed E-state index contributed by atoms with van der Waals surface area (Å²) in [6, 6.07) is 14.8. The zero-order valence-corrected chi connectivity index (χ0v) is 16.0. The van der Waals surface area contributed by atoms with Crippen LogP contribution in [0.1, 0.15) is 25.3 Å². The van der Waals surface area contributed by atoms with Gasteiger partial charge in [0, 0.05) is 23.0 Å². The fraction of sp³-hybridized carbons (Fsp3) is 0.300. The van der Waals surface area contributed by atoms with Crippen LogP contribution in [0.2, 0.25) is 0 Å². The van der Waals surface area contributed by atoms with Crippen LogP contribution in [0.25, 0.3) is 0 Å². The summed E-state index contributed by atoms with van der Waals surface area (Å²) < 4.78 is 6.41. The zero-order chi connectivity index (χ0) is 18.7. The van der Waals surface area contributed by atoms with E-state index in [1.54, 1.807) is 17.0 Å². The third-order valence-electron chi connectivity index (χ3n) is 4.34. The highest BCUT2D eigenvalue weighted by molar-refractivity contribution is 9.10. The zero-order valence-electron chi connectivity index (χ0n) is 14.4. The first-order valence-corrected chi connectivity index (χ1v) is 9.23. The summed E-state index contributed by atoms with van der Waals surface area (Å²) in [5.41, 5.74) is -0.691. The Morgan fingerprint density at radius 2 is 1.96 bits per heavy atom. The Kier molecular flexibility index (Phi) is 5.44. The number of carbonyl (C=O) groups excluding carboxylic acids is 2. The van der Waals surface area contributed by atoms with Crippen molar-refractivity contribution in [2.45, 2.75) is 25.4 Å². The van der Waals surface area contributed by atoms with Crippen LogP contribution in [0.15, 0.2) is 53.0 Å². The van der Waals surface area contributed by atoms with E-state index in [1.165, 1.54) is 6.92 Å². The minimum Gasteiger partial charge on any atom is -0.494 e. The molecule has 0 bridgehead atoms. The SMILES string of the molecule is CC(=O)C[C@]1(O)C(=O)N(CCCOc2ccccc2)c2ccc(Br)cc21. The number of carbonyl (C=O) groups is 2. The largest absolute Gasteiger partial charge is 0.494 e. The Balaban J connectivity index is 1.73. The number of halogens is 1. The highest BCUT2D eigenvalue weighted by Crippen LogP contribution is 2.43. The van der Waals surface area contributed by atoms with Crippen LogP contribution in [-0.4, -0.2) is 29.9 Å². The van der Waals surface area contributed by atoms with Gasteiger partial charge in [0.2, 0.25) is 0 Å². The molecule has 0 saturated heterocycles. The normalized spacial score (nSPS) is 18.7. The van der Waals surface area contributed by atoms with E-state index in [0.717, 1.165) is 10.2 Å². The average molecular weight is 418 g/mol. The van der Waals surface area contributed by atoms with E-state index in [9.17, 15) is 14.7 Å². The van der Waals surface area contributed by atoms with Crippen LogP contribution < -0.4 is 9.64 Å². The van der Waals surface area contributed by atoms with Crippen molar-refractivity contribution in [3.63, 3.8) is 0 Å². The van der Waals surface area contributed by atoms with Gasteiger partial charge in [0.1, 0.15) is 11.5 Å². The molecule has 1 atom stereocenters. The standard InChI is InChI=1S/C20H20BrNO4/c1-14(23)13-20(25)17-12-15(21)8-9-18(17)22(19(20)24)10-5-11-26-16-6-3-2-4-7-16/h2-4,6-9,12,25H,5,10-11,13H2,1H3/t20-/m1/s1. The molecule has 1 N–H and O–H groups in total. The summed E-state index contributed by atoms with van der Waals surface area (Å²) in [7, 11) is 0. The van der Waals surface area contributed by atoms with Gasteiger partial charge in [-0.2, -0.15) is 0 Å². The highest BCUT2D eigenvalue weighted by atomic mass is 79.9. The van der Waals surface area contributed by atoms with Gasteiger partial charge in [0.25, 0.3) is 5.91 Å². The third kappa shape index (κ3) is 3.66. The van der Waals surface area contributed by atoms with Crippen LogP contribution in [0, 0.1) is 0 Å². The Morgan fingerprint density at radius 3 is 2.65 bits per heavy atom. The Hall–Kier alpha value is -2.18. The van der Waals surface area contributed by atoms with Crippen molar-refractivity contribution in [1.82, 2.24) is 0 Å². The van der Waals surface area contributed by atoms with Crippen molar-refractivity contribution in [3.05, 3.63) is 58.6 Å². The molecule has 136 valence electrons. The number of fused-ring (bicyclic) bond motifs is 1. The van der Waals surface area contributed by atoms with E-state index in [2.05, 4.69) is 15.9 Å². The van der Waals surface area contributed by atoms with Gasteiger partial charge in [0.05, 0.1) is 12.3 Å². The van der Waals surface area contributed by atoms with Gasteiger partial charge in [-0.3, -0.25) is 9.59 Å². The van der Waals surface area contributed by atoms with Crippen molar-refractivity contribution in [3.8, 4) is 5.75 Å². The molecule has 2 aromatic rings. The van der Waals surface area contributed by atoms with Crippen LogP contribution >= 0.6 is 15.9 Å². The molecule has 0 aliphatic carbocycles. The minimum absolute atomic E-state index is 0.230. The number of aliphatic hydroxyl groups is 1. The molecule has 26 heavy (non-hydrogen) atoms. The monoisotopic (exact) mass is 417 g/mol. The number of anilines is 1. The summed E-state index contributed by atoms with van der Waals surface area (Å²) in [6.45, 7) is 2.23. The topological polar surface area (TPSA) is 66.8 Å². The second-order valence-corrected chi connectivity index (χ2v) is 7.29. The number of para-hydroxylation sites is 1. The second kappa shape index (κ2) is 7.60. The first kappa shape index (κ1) is 18.6. The molecule has 0 unspecified atom stereocenters. The van der Waals surface area contributed by atoms with Crippen molar-refractivity contribution < 1.29 is 19.4 Å². The number of Topliss-reactive ketones (excluding diaryl/α,β-unsaturated/α-hetero) is 1. The maximum absolute atomic E-state index is 12.9. The van der Waals surface area contributed by atoms with E-state index in [0.29, 0.717) is 30.8 Å². The maximum Gasteiger partial charge on any atom is 0.264 e. The lowest BCUT2D eigenvalue weighted by Crippen LogP contribution is -2.42. The Morgan fingerprint density at radius 1 is 1.23 bits per heavy atom. The summed E-state index contributed by atoms with van der Waals surface area (Å²) in [5.74, 6) is 0.0826. The lowest BCUT2D eigenvalue weighted by molar-refractivity contribution is -0.141. The number of hydrogen-bond acceptors (Lipinski definition) is 4. The van der Waals surface area contributed by atoms with Gasteiger partial charge < -0.3 is 14.7 Å². The Bertz CT molecular complexity index is 824. The number of rotatable bonds is 7. The van der Waals surface area contributed by atoms with E-state index < -0.39 is 11.5 Å². The molecule has 1 aliphatic heterocycles. The minimum atomic E-state index is -1.80. The van der Waals surface area contributed by atoms with Gasteiger partial charge in [0.15, 0.2) is 5.60 Å². The lowest BCUT2D eigenvalue weighted by Gasteiger charge is -2.22. The molecule has 1 aliphatic rings. The average Bonchev–Trinajstić information content (AvgIpc) is 2.80. The molecule has 3 rings (SSSR count). The Labute approximate surface area is 160 Å². The van der Waals surface area contributed by atoms with Crippen LogP contribution in [0.3, 0.4) is 0 Å². The summed E-state index contributed by atoms with van der Waals surface area (Å²) in [4.78, 5) is 26.0. The van der Waals surface area contributed by atoms with Gasteiger partial charge >= 0.3 is 0 Å². The first-order valence-electron chi connectivity index (χ1n) is 8.43. The molecule has 0 spiro atoms. The predicted octanol–water partition coefficient (Wildman–Crippen LogP) is 3.43. The van der Waals surface area contributed by atoms with E-state index in [-0.39, 0.29) is 12.2 Å². The lowest BCUT2D eigenvalue weighted by atomic mass is 9.90. The number of nitrogens with zero attached hydrogens (tertiary/aromatic N) is 1. The van der Waals surface area contributed by atoms with Crippen LogP contribution in [0.4, 0.5) is 5.69 Å². The molecule has 0 fully saturated rings. The number of ether oxygens (including phenoxy) is 1. The summed E-state index contributed by atoms with van der Waals surface area (Å²) in [5, 5.41) is 10.9. The van der Waals surface area contributed by atoms with Gasteiger partial charge in [-0.05, 0) is 43.7 Å². The number of benzene rings is 2. The van der Waals surface area contributed by atoms with Crippen molar-refractivity contribution in [1.29, 1.82) is 0 Å². The molecule has 5 nitrogen and oxygen atoms in total. The molecule has 2 aromatic carbocycles. The maximum atomic E-state index is 12.9. The molecule has 1 amide bonds. The molecular formula is C20H20BrNO4. The quantitative estimate of drug-likeness (QED) is 0.700. The summed E-state index contributed by atoms with van der Waals surface area (Å²) in [6.07, 6.45) is 0.374. The fourth-order valence-corrected chi connectivity index (χ4v) is 3.57. The number of ketones is 1. The van der Waals surface area contributed by atoms with Crippen LogP contribution in [0.5, 0.6) is 5.75 Å². The van der Waals surface area contributed by atoms with Gasteiger partial charge in [-0.1, -0.05) is 34.1 Å². The van der Waals surface area contributed by atoms with Gasteiger partial charge in [-0.25, -0.2) is 0 Å². The highest BCUT2D eigenvalue weighted by Gasteiger charge is 2.50. The summed E-state index contributed by atoms with van der Waals surface area (Å²) >= 11 is 3.37. The second-order valence-electron chi connectivity index (χ2n) is 6.37.